The molecule has 0 heterocycles. The molecule has 0 saturated heterocycles. The number of hydrogen-bond donors (Lipinski definition) is 2. The number of nitrogens with zero attached hydrogens (tertiary/aromatic N) is 1. The van der Waals surface area contributed by atoms with Crippen LogP contribution >= 0.6 is 0 Å². The molecule has 1 aromatic rings. The van der Waals surface area contributed by atoms with Crippen molar-refractivity contribution < 1.29 is 32.6 Å². The highest BCUT2D eigenvalue weighted by Crippen LogP contribution is 2.22. The van der Waals surface area contributed by atoms with Crippen LogP contribution in [0.2, 0.25) is 0 Å². The first kappa shape index (κ1) is 16.8. The van der Waals surface area contributed by atoms with E-state index in [2.05, 4.69) is 4.74 Å². The SMILES string of the molecule is CN(C(=O)COCC(F)(F)F)c1ccc(N)cc1C(=O)O. The van der Waals surface area contributed by atoms with Crippen molar-refractivity contribution in [3.63, 3.8) is 0 Å². The molecule has 0 spiro atoms. The van der Waals surface area contributed by atoms with Gasteiger partial charge in [-0.2, -0.15) is 13.2 Å². The van der Waals surface area contributed by atoms with Crippen molar-refractivity contribution in [1.29, 1.82) is 0 Å². The number of rotatable bonds is 5. The number of likely N-dealkylation sites (N-methyl/N-ethyl adjacent to an activating group) is 1. The van der Waals surface area contributed by atoms with Gasteiger partial charge >= 0.3 is 12.1 Å². The minimum Gasteiger partial charge on any atom is -0.478 e. The maximum absolute atomic E-state index is 11.9. The number of carboxylic acids is 1. The summed E-state index contributed by atoms with van der Waals surface area (Å²) in [6, 6.07) is 3.82. The predicted molar refractivity (Wildman–Crippen MR) is 68.1 cm³/mol. The lowest BCUT2D eigenvalue weighted by molar-refractivity contribution is -0.175. The first-order valence-corrected chi connectivity index (χ1v) is 5.65. The number of nitrogen functional groups attached to an aromatic ring is 1. The van der Waals surface area contributed by atoms with Crippen LogP contribution in [0.4, 0.5) is 24.5 Å². The molecule has 6 nitrogen and oxygen atoms in total. The van der Waals surface area contributed by atoms with E-state index in [1.165, 1.54) is 19.2 Å². The number of halogens is 3. The molecule has 9 heteroatoms. The van der Waals surface area contributed by atoms with E-state index in [0.717, 1.165) is 11.0 Å². The van der Waals surface area contributed by atoms with Crippen LogP contribution in [0.3, 0.4) is 0 Å². The number of carbonyl (C=O) groups is 2. The summed E-state index contributed by atoms with van der Waals surface area (Å²) in [6.45, 7) is -2.38. The van der Waals surface area contributed by atoms with Gasteiger partial charge < -0.3 is 20.5 Å². The minimum absolute atomic E-state index is 0.0114. The molecule has 1 rings (SSSR count). The van der Waals surface area contributed by atoms with Crippen LogP contribution in [-0.4, -0.2) is 43.4 Å². The third kappa shape index (κ3) is 4.95. The molecule has 0 aliphatic carbocycles. The Labute approximate surface area is 117 Å². The second-order valence-electron chi connectivity index (χ2n) is 4.14. The molecule has 0 saturated carbocycles. The Morgan fingerprint density at radius 3 is 2.52 bits per heavy atom. The summed E-state index contributed by atoms with van der Waals surface area (Å²) in [5.41, 5.74) is 5.42. The number of hydrogen-bond acceptors (Lipinski definition) is 4. The van der Waals surface area contributed by atoms with Gasteiger partial charge in [-0.3, -0.25) is 4.79 Å². The highest BCUT2D eigenvalue weighted by Gasteiger charge is 2.28. The third-order valence-electron chi connectivity index (χ3n) is 2.48. The molecular formula is C12H13F3N2O4. The molecule has 0 radical (unpaired) electrons. The van der Waals surface area contributed by atoms with Gasteiger partial charge in [0.25, 0.3) is 5.91 Å². The monoisotopic (exact) mass is 306 g/mol. The fraction of sp³-hybridized carbons (Fsp3) is 0.333. The van der Waals surface area contributed by atoms with E-state index in [1.54, 1.807) is 0 Å². The number of nitrogens with two attached hydrogens (primary N) is 1. The lowest BCUT2D eigenvalue weighted by Crippen LogP contribution is -2.32. The van der Waals surface area contributed by atoms with Crippen LogP contribution in [0.5, 0.6) is 0 Å². The summed E-state index contributed by atoms with van der Waals surface area (Å²) in [5.74, 6) is -2.13. The maximum atomic E-state index is 11.9. The molecule has 0 aliphatic heterocycles. The van der Waals surface area contributed by atoms with Gasteiger partial charge in [0.2, 0.25) is 0 Å². The van der Waals surface area contributed by atoms with Gasteiger partial charge in [0.1, 0.15) is 13.2 Å². The molecule has 0 aliphatic rings. The Hall–Kier alpha value is -2.29. The summed E-state index contributed by atoms with van der Waals surface area (Å²) in [4.78, 5) is 23.7. The Kier molecular flexibility index (Phi) is 5.14. The Balaban J connectivity index is 2.81. The quantitative estimate of drug-likeness (QED) is 0.804. The third-order valence-corrected chi connectivity index (χ3v) is 2.48. The van der Waals surface area contributed by atoms with E-state index in [0.29, 0.717) is 0 Å². The first-order chi connectivity index (χ1) is 9.61. The molecule has 0 bridgehead atoms. The number of anilines is 2. The molecule has 21 heavy (non-hydrogen) atoms. The number of benzene rings is 1. The topological polar surface area (TPSA) is 92.9 Å². The smallest absolute Gasteiger partial charge is 0.411 e. The number of carboxylic acid groups (broad SMARTS) is 1. The van der Waals surface area contributed by atoms with Crippen molar-refractivity contribution in [3.05, 3.63) is 23.8 Å². The lowest BCUT2D eigenvalue weighted by Gasteiger charge is -2.20. The summed E-state index contributed by atoms with van der Waals surface area (Å²) in [5, 5.41) is 9.03. The zero-order valence-corrected chi connectivity index (χ0v) is 11.0. The number of amides is 1. The van der Waals surface area contributed by atoms with E-state index in [-0.39, 0.29) is 16.9 Å². The van der Waals surface area contributed by atoms with Crippen LogP contribution in [0, 0.1) is 0 Å². The fourth-order valence-corrected chi connectivity index (χ4v) is 1.50. The van der Waals surface area contributed by atoms with Gasteiger partial charge in [0.05, 0.1) is 11.3 Å². The van der Waals surface area contributed by atoms with Gasteiger partial charge in [-0.05, 0) is 18.2 Å². The van der Waals surface area contributed by atoms with Crippen LogP contribution in [-0.2, 0) is 9.53 Å². The highest BCUT2D eigenvalue weighted by molar-refractivity contribution is 6.02. The average molecular weight is 306 g/mol. The second-order valence-corrected chi connectivity index (χ2v) is 4.14. The van der Waals surface area contributed by atoms with Crippen molar-refractivity contribution in [2.24, 2.45) is 0 Å². The standard InChI is InChI=1S/C12H13F3N2O4/c1-17(10(18)5-21-6-12(13,14)15)9-3-2-7(16)4-8(9)11(19)20/h2-4H,5-6,16H2,1H3,(H,19,20). The van der Waals surface area contributed by atoms with Gasteiger partial charge in [0, 0.05) is 12.7 Å². The molecule has 3 N–H and O–H groups in total. The Morgan fingerprint density at radius 1 is 1.38 bits per heavy atom. The summed E-state index contributed by atoms with van der Waals surface area (Å²) in [7, 11) is 1.23. The van der Waals surface area contributed by atoms with E-state index in [9.17, 15) is 22.8 Å². The lowest BCUT2D eigenvalue weighted by atomic mass is 10.1. The molecule has 0 atom stereocenters. The van der Waals surface area contributed by atoms with Gasteiger partial charge in [-0.15, -0.1) is 0 Å². The molecule has 0 unspecified atom stereocenters. The number of ether oxygens (including phenoxy) is 1. The minimum atomic E-state index is -4.54. The largest absolute Gasteiger partial charge is 0.478 e. The molecule has 0 fully saturated rings. The summed E-state index contributed by atoms with van der Waals surface area (Å²) in [6.07, 6.45) is -4.54. The second kappa shape index (κ2) is 6.44. The van der Waals surface area contributed by atoms with Crippen LogP contribution < -0.4 is 10.6 Å². The predicted octanol–water partition coefficient (Wildman–Crippen LogP) is 1.51. The maximum Gasteiger partial charge on any atom is 0.411 e. The van der Waals surface area contributed by atoms with Crippen molar-refractivity contribution >= 4 is 23.3 Å². The van der Waals surface area contributed by atoms with Crippen molar-refractivity contribution in [2.75, 3.05) is 30.9 Å². The van der Waals surface area contributed by atoms with E-state index < -0.39 is 31.3 Å². The zero-order valence-electron chi connectivity index (χ0n) is 11.0. The van der Waals surface area contributed by atoms with Gasteiger partial charge in [0.15, 0.2) is 0 Å². The summed E-state index contributed by atoms with van der Waals surface area (Å²) < 4.78 is 39.9. The Bertz CT molecular complexity index is 546. The molecule has 1 amide bonds. The Morgan fingerprint density at radius 2 is 2.00 bits per heavy atom. The first-order valence-electron chi connectivity index (χ1n) is 5.65. The van der Waals surface area contributed by atoms with E-state index in [4.69, 9.17) is 10.8 Å². The number of alkyl halides is 3. The summed E-state index contributed by atoms with van der Waals surface area (Å²) >= 11 is 0. The normalized spacial score (nSPS) is 11.2. The molecular weight excluding hydrogens is 293 g/mol. The van der Waals surface area contributed by atoms with Crippen molar-refractivity contribution in [2.45, 2.75) is 6.18 Å². The van der Waals surface area contributed by atoms with Crippen molar-refractivity contribution in [3.8, 4) is 0 Å². The van der Waals surface area contributed by atoms with E-state index in [1.807, 2.05) is 0 Å². The molecule has 116 valence electrons. The number of carbonyl (C=O) groups excluding carboxylic acids is 1. The zero-order chi connectivity index (χ0) is 16.2. The van der Waals surface area contributed by atoms with Gasteiger partial charge in [-0.25, -0.2) is 4.79 Å². The molecule has 0 aromatic heterocycles. The molecule has 1 aromatic carbocycles. The number of aromatic carboxylic acids is 1. The van der Waals surface area contributed by atoms with Crippen LogP contribution in [0.25, 0.3) is 0 Å². The van der Waals surface area contributed by atoms with E-state index >= 15 is 0 Å². The van der Waals surface area contributed by atoms with Gasteiger partial charge in [-0.1, -0.05) is 0 Å². The van der Waals surface area contributed by atoms with Crippen molar-refractivity contribution in [1.82, 2.24) is 0 Å². The fourth-order valence-electron chi connectivity index (χ4n) is 1.50. The average Bonchev–Trinajstić information content (AvgIpc) is 2.36. The van der Waals surface area contributed by atoms with Crippen LogP contribution in [0.1, 0.15) is 10.4 Å². The highest BCUT2D eigenvalue weighted by atomic mass is 19.4. The van der Waals surface area contributed by atoms with Crippen LogP contribution in [0.15, 0.2) is 18.2 Å².